The van der Waals surface area contributed by atoms with Gasteiger partial charge in [0.25, 0.3) is 5.91 Å². The monoisotopic (exact) mass is 535 g/mol. The average Bonchev–Trinajstić information content (AvgIpc) is 2.42. The fourth-order valence-electron chi connectivity index (χ4n) is 1.55. The van der Waals surface area contributed by atoms with Crippen molar-refractivity contribution in [1.29, 1.82) is 0 Å². The first kappa shape index (κ1) is 20.6. The number of hydrogen-bond acceptors (Lipinski definition) is 5. The largest absolute Gasteiger partial charge is 0.480 e. The Hall–Kier alpha value is -0.490. The molecule has 7 nitrogen and oxygen atoms in total. The molecule has 1 aromatic carbocycles. The van der Waals surface area contributed by atoms with Gasteiger partial charge in [0.15, 0.2) is 6.04 Å². The molecule has 3 N–H and O–H groups in total. The summed E-state index contributed by atoms with van der Waals surface area (Å²) in [6, 6.07) is 3.55. The zero-order chi connectivity index (χ0) is 18.0. The van der Waals surface area contributed by atoms with Crippen molar-refractivity contribution in [2.45, 2.75) is 25.4 Å². The van der Waals surface area contributed by atoms with E-state index in [-0.39, 0.29) is 10.5 Å². The van der Waals surface area contributed by atoms with Crippen molar-refractivity contribution in [3.05, 3.63) is 29.8 Å². The van der Waals surface area contributed by atoms with Crippen LogP contribution in [0.1, 0.15) is 17.3 Å². The summed E-state index contributed by atoms with van der Waals surface area (Å²) in [7, 11) is -3.89. The molecule has 2 unspecified atom stereocenters. The molecule has 0 fully saturated rings. The molecule has 2 atom stereocenters. The van der Waals surface area contributed by atoms with Gasteiger partial charge >= 0.3 is 5.97 Å². The Balaban J connectivity index is 3.15. The number of nitrogens with one attached hydrogen (secondary N) is 1. The molecule has 0 saturated carbocycles. The average molecular weight is 538 g/mol. The molecule has 1 aromatic rings. The van der Waals surface area contributed by atoms with Gasteiger partial charge in [0.1, 0.15) is 0 Å². The van der Waals surface area contributed by atoms with Gasteiger partial charge in [0, 0.05) is 5.56 Å². The Morgan fingerprint density at radius 2 is 1.83 bits per heavy atom. The molecule has 1 rings (SSSR count). The number of aliphatic hydroxyl groups excluding tert-OH is 1. The summed E-state index contributed by atoms with van der Waals surface area (Å²) < 4.78 is 22.9. The number of carboxylic acid groups (broad SMARTS) is 1. The third-order valence-electron chi connectivity index (χ3n) is 2.75. The van der Waals surface area contributed by atoms with Crippen LogP contribution in [0.2, 0.25) is 0 Å². The molecule has 0 aromatic heterocycles. The molecule has 0 saturated heterocycles. The second-order valence-corrected chi connectivity index (χ2v) is 14.9. The molecular weight excluding hydrogens is 526 g/mol. The van der Waals surface area contributed by atoms with Crippen LogP contribution in [0.25, 0.3) is 0 Å². The quantitative estimate of drug-likeness (QED) is 0.493. The highest BCUT2D eigenvalue weighted by atomic mass is 80.0. The first-order chi connectivity index (χ1) is 10.4. The van der Waals surface area contributed by atoms with E-state index in [9.17, 15) is 23.1 Å². The minimum absolute atomic E-state index is 0.0604. The number of amides is 1. The minimum atomic E-state index is -3.89. The maximum atomic E-state index is 12.3. The predicted octanol–water partition coefficient (Wildman–Crippen LogP) is 1.82. The van der Waals surface area contributed by atoms with Crippen LogP contribution in [-0.4, -0.2) is 44.1 Å². The van der Waals surface area contributed by atoms with Crippen molar-refractivity contribution < 1.29 is 28.2 Å². The molecule has 0 aliphatic carbocycles. The van der Waals surface area contributed by atoms with E-state index < -0.39 is 35.3 Å². The SMILES string of the molecule is CC(O)C(NC(=O)c1cccc(S(=O)(=O)C(Br)(Br)Br)c1)C(=O)O. The van der Waals surface area contributed by atoms with E-state index in [2.05, 4.69) is 53.1 Å². The highest BCUT2D eigenvalue weighted by molar-refractivity contribution is 9.42. The van der Waals surface area contributed by atoms with Crippen LogP contribution in [-0.2, 0) is 14.6 Å². The van der Waals surface area contributed by atoms with Gasteiger partial charge in [0.05, 0.1) is 11.0 Å². The van der Waals surface area contributed by atoms with Crippen molar-refractivity contribution in [3.8, 4) is 0 Å². The van der Waals surface area contributed by atoms with Gasteiger partial charge in [-0.05, 0) is 72.9 Å². The number of aliphatic hydroxyl groups is 1. The number of hydrogen-bond donors (Lipinski definition) is 3. The number of aliphatic carboxylic acids is 1. The Morgan fingerprint density at radius 1 is 1.26 bits per heavy atom. The fraction of sp³-hybridized carbons (Fsp3) is 0.333. The van der Waals surface area contributed by atoms with E-state index in [1.165, 1.54) is 25.1 Å². The van der Waals surface area contributed by atoms with E-state index in [0.29, 0.717) is 0 Å². The highest BCUT2D eigenvalue weighted by Gasteiger charge is 2.37. The number of alkyl halides is 3. The van der Waals surface area contributed by atoms with E-state index in [0.717, 1.165) is 6.07 Å². The smallest absolute Gasteiger partial charge is 0.328 e. The summed E-state index contributed by atoms with van der Waals surface area (Å²) in [5.74, 6) is -2.22. The molecule has 0 heterocycles. The van der Waals surface area contributed by atoms with Gasteiger partial charge in [-0.25, -0.2) is 13.2 Å². The van der Waals surface area contributed by atoms with Gasteiger partial charge < -0.3 is 15.5 Å². The van der Waals surface area contributed by atoms with Crippen LogP contribution in [0, 0.1) is 0 Å². The summed E-state index contributed by atoms with van der Waals surface area (Å²) in [5, 5.41) is 20.4. The summed E-state index contributed by atoms with van der Waals surface area (Å²) in [5.41, 5.74) is -0.0604. The van der Waals surface area contributed by atoms with Gasteiger partial charge in [-0.3, -0.25) is 4.79 Å². The van der Waals surface area contributed by atoms with E-state index >= 15 is 0 Å². The molecular formula is C12H12Br3NO6S. The third-order valence-corrected chi connectivity index (χ3v) is 8.07. The minimum Gasteiger partial charge on any atom is -0.480 e. The van der Waals surface area contributed by atoms with Crippen molar-refractivity contribution in [2.24, 2.45) is 0 Å². The summed E-state index contributed by atoms with van der Waals surface area (Å²) >= 11 is 8.73. The molecule has 0 spiro atoms. The third kappa shape index (κ3) is 4.99. The lowest BCUT2D eigenvalue weighted by molar-refractivity contribution is -0.141. The lowest BCUT2D eigenvalue weighted by Crippen LogP contribution is -2.47. The van der Waals surface area contributed by atoms with Crippen LogP contribution < -0.4 is 5.32 Å². The molecule has 0 aliphatic heterocycles. The Morgan fingerprint density at radius 3 is 2.26 bits per heavy atom. The summed E-state index contributed by atoms with van der Waals surface area (Å²) in [4.78, 5) is 22.9. The number of rotatable bonds is 5. The van der Waals surface area contributed by atoms with Gasteiger partial charge in [0.2, 0.25) is 11.3 Å². The van der Waals surface area contributed by atoms with E-state index in [4.69, 9.17) is 5.11 Å². The molecule has 1 amide bonds. The summed E-state index contributed by atoms with van der Waals surface area (Å²) in [6.45, 7) is 1.22. The highest BCUT2D eigenvalue weighted by Crippen LogP contribution is 2.43. The van der Waals surface area contributed by atoms with Crippen molar-refractivity contribution in [2.75, 3.05) is 0 Å². The molecule has 23 heavy (non-hydrogen) atoms. The van der Waals surface area contributed by atoms with Crippen molar-refractivity contribution in [3.63, 3.8) is 0 Å². The van der Waals surface area contributed by atoms with Crippen LogP contribution in [0.4, 0.5) is 0 Å². The molecule has 128 valence electrons. The molecule has 11 heteroatoms. The van der Waals surface area contributed by atoms with E-state index in [1.54, 1.807) is 0 Å². The second-order valence-electron chi connectivity index (χ2n) is 4.51. The fourth-order valence-corrected chi connectivity index (χ4v) is 4.04. The standard InChI is InChI=1S/C12H12Br3NO6S/c1-6(17)9(11(19)20)16-10(18)7-3-2-4-8(5-7)23(21,22)12(13,14)15/h2-6,9,17H,1H3,(H,16,18)(H,19,20). The number of halogens is 3. The number of sulfone groups is 1. The molecule has 0 aliphatic rings. The lowest BCUT2D eigenvalue weighted by atomic mass is 10.1. The van der Waals surface area contributed by atoms with Crippen LogP contribution >= 0.6 is 47.8 Å². The number of carbonyl (C=O) groups is 2. The van der Waals surface area contributed by atoms with Crippen LogP contribution in [0.15, 0.2) is 29.2 Å². The number of carbonyl (C=O) groups excluding carboxylic acids is 1. The maximum Gasteiger partial charge on any atom is 0.328 e. The lowest BCUT2D eigenvalue weighted by Gasteiger charge is -2.18. The topological polar surface area (TPSA) is 121 Å². The first-order valence-corrected chi connectivity index (χ1v) is 9.87. The van der Waals surface area contributed by atoms with E-state index in [1.807, 2.05) is 0 Å². The van der Waals surface area contributed by atoms with Gasteiger partial charge in [-0.15, -0.1) is 0 Å². The number of benzene rings is 1. The maximum absolute atomic E-state index is 12.3. The van der Waals surface area contributed by atoms with Gasteiger partial charge in [-0.2, -0.15) is 0 Å². The predicted molar refractivity (Wildman–Crippen MR) is 93.7 cm³/mol. The Kier molecular flexibility index (Phi) is 6.79. The Bertz CT molecular complexity index is 714. The van der Waals surface area contributed by atoms with Crippen LogP contribution in [0.5, 0.6) is 0 Å². The first-order valence-electron chi connectivity index (χ1n) is 6.01. The van der Waals surface area contributed by atoms with Crippen molar-refractivity contribution >= 4 is 69.5 Å². The Labute approximate surface area is 157 Å². The summed E-state index contributed by atoms with van der Waals surface area (Å²) in [6.07, 6.45) is -1.32. The van der Waals surface area contributed by atoms with Gasteiger partial charge in [-0.1, -0.05) is 6.07 Å². The molecule has 0 bridgehead atoms. The van der Waals surface area contributed by atoms with Crippen molar-refractivity contribution in [1.82, 2.24) is 5.32 Å². The zero-order valence-electron chi connectivity index (χ0n) is 11.5. The zero-order valence-corrected chi connectivity index (χ0v) is 17.1. The normalized spacial score (nSPS) is 14.8. The van der Waals surface area contributed by atoms with Crippen LogP contribution in [0.3, 0.4) is 0 Å². The molecule has 0 radical (unpaired) electrons. The number of carboxylic acids is 1. The second kappa shape index (κ2) is 7.60.